The van der Waals surface area contributed by atoms with E-state index in [1.165, 1.54) is 21.2 Å². The summed E-state index contributed by atoms with van der Waals surface area (Å²) >= 11 is 1.71. The van der Waals surface area contributed by atoms with Gasteiger partial charge in [0.2, 0.25) is 0 Å². The summed E-state index contributed by atoms with van der Waals surface area (Å²) in [5.74, 6) is 0. The van der Waals surface area contributed by atoms with E-state index in [9.17, 15) is 0 Å². The van der Waals surface area contributed by atoms with E-state index in [0.717, 1.165) is 21.8 Å². The maximum Gasteiger partial charge on any atom is 0.0976 e. The van der Waals surface area contributed by atoms with E-state index in [1.807, 2.05) is 13.8 Å². The van der Waals surface area contributed by atoms with Crippen LogP contribution in [-0.4, -0.2) is 15.4 Å². The monoisotopic (exact) mass is 346 g/mol. The van der Waals surface area contributed by atoms with Gasteiger partial charge in [-0.15, -0.1) is 11.3 Å². The fourth-order valence-electron chi connectivity index (χ4n) is 3.23. The number of benzene rings is 1. The minimum absolute atomic E-state index is 0.442. The van der Waals surface area contributed by atoms with E-state index < -0.39 is 6.04 Å². The van der Waals surface area contributed by atoms with Crippen LogP contribution in [0.15, 0.2) is 42.7 Å². The van der Waals surface area contributed by atoms with Crippen LogP contribution in [0, 0.1) is 25.2 Å². The molecule has 0 spiro atoms. The zero-order valence-corrected chi connectivity index (χ0v) is 15.0. The van der Waals surface area contributed by atoms with Crippen molar-refractivity contribution in [2.75, 3.05) is 0 Å². The van der Waals surface area contributed by atoms with Gasteiger partial charge in [-0.25, -0.2) is 0 Å². The molecule has 0 radical (unpaired) electrons. The maximum atomic E-state index is 8.90. The fraction of sp³-hybridized carbons (Fsp3) is 0.200. The molecule has 5 heteroatoms. The highest BCUT2D eigenvalue weighted by molar-refractivity contribution is 7.19. The molecule has 2 N–H and O–H groups in total. The lowest BCUT2D eigenvalue weighted by molar-refractivity contribution is 0.835. The Hall–Kier alpha value is -2.68. The molecule has 3 heterocycles. The van der Waals surface area contributed by atoms with Crippen molar-refractivity contribution in [1.29, 1.82) is 5.26 Å². The minimum Gasteiger partial charge on any atom is -0.320 e. The Kier molecular flexibility index (Phi) is 3.79. The molecule has 25 heavy (non-hydrogen) atoms. The van der Waals surface area contributed by atoms with Crippen molar-refractivity contribution in [1.82, 2.24) is 9.38 Å². The lowest BCUT2D eigenvalue weighted by Crippen LogP contribution is -2.19. The van der Waals surface area contributed by atoms with E-state index in [0.29, 0.717) is 6.42 Å². The molecule has 0 aliphatic carbocycles. The van der Waals surface area contributed by atoms with Crippen molar-refractivity contribution >= 4 is 26.9 Å². The lowest BCUT2D eigenvalue weighted by atomic mass is 10.1. The first-order valence-electron chi connectivity index (χ1n) is 8.17. The van der Waals surface area contributed by atoms with Crippen LogP contribution < -0.4 is 5.73 Å². The molecule has 1 aromatic carbocycles. The Bertz CT molecular complexity index is 1130. The number of aryl methyl sites for hydroxylation is 2. The zero-order valence-electron chi connectivity index (χ0n) is 14.2. The number of nitrogens with two attached hydrogens (primary N) is 1. The molecule has 0 fully saturated rings. The van der Waals surface area contributed by atoms with E-state index in [2.05, 4.69) is 58.2 Å². The van der Waals surface area contributed by atoms with Crippen molar-refractivity contribution in [2.24, 2.45) is 5.73 Å². The van der Waals surface area contributed by atoms with Gasteiger partial charge in [-0.3, -0.25) is 4.98 Å². The van der Waals surface area contributed by atoms with Gasteiger partial charge in [0.1, 0.15) is 0 Å². The summed E-state index contributed by atoms with van der Waals surface area (Å²) in [6.45, 7) is 4.05. The number of hydrogen-bond donors (Lipinski definition) is 1. The standard InChI is InChI=1S/C20H18N4S/c1-12-10-24-11-16(7-19(24)13(2)23-12)14-3-4-20-15(5-14)6-18(25-20)8-17(22)9-21/h3-7,10-11,17H,8,22H2,1-2H3/t17-/m0/s1. The van der Waals surface area contributed by atoms with Crippen molar-refractivity contribution in [3.8, 4) is 17.2 Å². The Morgan fingerprint density at radius 3 is 2.84 bits per heavy atom. The number of rotatable bonds is 3. The van der Waals surface area contributed by atoms with Gasteiger partial charge < -0.3 is 10.1 Å². The third-order valence-corrected chi connectivity index (χ3v) is 5.52. The summed E-state index contributed by atoms with van der Waals surface area (Å²) in [7, 11) is 0. The number of fused-ring (bicyclic) bond motifs is 2. The average molecular weight is 346 g/mol. The summed E-state index contributed by atoms with van der Waals surface area (Å²) in [6, 6.07) is 12.5. The predicted molar refractivity (Wildman–Crippen MR) is 103 cm³/mol. The number of aromatic nitrogens is 2. The lowest BCUT2D eigenvalue weighted by Gasteiger charge is -1.99. The highest BCUT2D eigenvalue weighted by atomic mass is 32.1. The predicted octanol–water partition coefficient (Wildman–Crippen LogP) is 4.23. The molecule has 124 valence electrons. The molecule has 3 aromatic heterocycles. The van der Waals surface area contributed by atoms with Gasteiger partial charge >= 0.3 is 0 Å². The molecule has 0 aliphatic heterocycles. The van der Waals surface area contributed by atoms with Crippen LogP contribution in [0.1, 0.15) is 16.3 Å². The molecule has 0 aliphatic rings. The van der Waals surface area contributed by atoms with Crippen LogP contribution >= 0.6 is 11.3 Å². The molecule has 0 amide bonds. The van der Waals surface area contributed by atoms with E-state index in [1.54, 1.807) is 11.3 Å². The first-order valence-corrected chi connectivity index (χ1v) is 8.99. The van der Waals surface area contributed by atoms with Crippen LogP contribution in [0.4, 0.5) is 0 Å². The molecule has 4 rings (SSSR count). The van der Waals surface area contributed by atoms with E-state index in [4.69, 9.17) is 11.0 Å². The Labute approximate surface area is 150 Å². The molecule has 4 aromatic rings. The number of nitrogens with zero attached hydrogens (tertiary/aromatic N) is 3. The average Bonchev–Trinajstić information content (AvgIpc) is 3.17. The fourth-order valence-corrected chi connectivity index (χ4v) is 4.33. The number of hydrogen-bond acceptors (Lipinski definition) is 4. The second kappa shape index (κ2) is 5.99. The maximum absolute atomic E-state index is 8.90. The summed E-state index contributed by atoms with van der Waals surface area (Å²) in [6.07, 6.45) is 4.80. The number of thiophene rings is 1. The summed E-state index contributed by atoms with van der Waals surface area (Å²) in [5.41, 5.74) is 11.3. The number of nitriles is 1. The van der Waals surface area contributed by atoms with Crippen molar-refractivity contribution in [3.05, 3.63) is 59.0 Å². The van der Waals surface area contributed by atoms with Crippen molar-refractivity contribution in [2.45, 2.75) is 26.3 Å². The third kappa shape index (κ3) is 2.91. The molecule has 0 unspecified atom stereocenters. The second-order valence-electron chi connectivity index (χ2n) is 6.39. The van der Waals surface area contributed by atoms with Gasteiger partial charge in [0.05, 0.1) is 29.0 Å². The smallest absolute Gasteiger partial charge is 0.0976 e. The zero-order chi connectivity index (χ0) is 17.6. The van der Waals surface area contributed by atoms with Gasteiger partial charge in [-0.05, 0) is 49.1 Å². The van der Waals surface area contributed by atoms with Crippen LogP contribution in [0.5, 0.6) is 0 Å². The van der Waals surface area contributed by atoms with Gasteiger partial charge in [0.25, 0.3) is 0 Å². The Balaban J connectivity index is 1.76. The van der Waals surface area contributed by atoms with E-state index >= 15 is 0 Å². The van der Waals surface area contributed by atoms with Crippen molar-refractivity contribution < 1.29 is 0 Å². The minimum atomic E-state index is -0.442. The molecule has 4 nitrogen and oxygen atoms in total. The quantitative estimate of drug-likeness (QED) is 0.604. The van der Waals surface area contributed by atoms with Gasteiger partial charge in [0.15, 0.2) is 0 Å². The van der Waals surface area contributed by atoms with Gasteiger partial charge in [-0.2, -0.15) is 5.26 Å². The van der Waals surface area contributed by atoms with Crippen LogP contribution in [0.25, 0.3) is 26.7 Å². The Morgan fingerprint density at radius 1 is 1.20 bits per heavy atom. The highest BCUT2D eigenvalue weighted by Gasteiger charge is 2.10. The molecule has 0 saturated heterocycles. The largest absolute Gasteiger partial charge is 0.320 e. The summed E-state index contributed by atoms with van der Waals surface area (Å²) in [4.78, 5) is 5.69. The van der Waals surface area contributed by atoms with Crippen molar-refractivity contribution in [3.63, 3.8) is 0 Å². The molecular formula is C20H18N4S. The molecule has 0 saturated carbocycles. The van der Waals surface area contributed by atoms with Crippen LogP contribution in [0.3, 0.4) is 0 Å². The first-order chi connectivity index (χ1) is 12.0. The topological polar surface area (TPSA) is 67.1 Å². The van der Waals surface area contributed by atoms with Gasteiger partial charge in [0, 0.05) is 34.0 Å². The molecule has 1 atom stereocenters. The van der Waals surface area contributed by atoms with Gasteiger partial charge in [-0.1, -0.05) is 6.07 Å². The van der Waals surface area contributed by atoms with E-state index in [-0.39, 0.29) is 0 Å². The molecular weight excluding hydrogens is 328 g/mol. The summed E-state index contributed by atoms with van der Waals surface area (Å²) in [5, 5.41) is 10.1. The summed E-state index contributed by atoms with van der Waals surface area (Å²) < 4.78 is 3.36. The molecule has 0 bridgehead atoms. The third-order valence-electron chi connectivity index (χ3n) is 4.38. The first kappa shape index (κ1) is 15.8. The Morgan fingerprint density at radius 2 is 2.04 bits per heavy atom. The van der Waals surface area contributed by atoms with Crippen LogP contribution in [-0.2, 0) is 6.42 Å². The SMILES string of the molecule is Cc1cn2cc(-c3ccc4sc(C[C@H](N)C#N)cc4c3)cc2c(C)n1. The second-order valence-corrected chi connectivity index (χ2v) is 7.56. The van der Waals surface area contributed by atoms with Crippen LogP contribution in [0.2, 0.25) is 0 Å². The normalized spacial score (nSPS) is 12.6. The highest BCUT2D eigenvalue weighted by Crippen LogP contribution is 2.32.